The van der Waals surface area contributed by atoms with Crippen LogP contribution in [0.5, 0.6) is 17.2 Å². The predicted octanol–water partition coefficient (Wildman–Crippen LogP) is 3.13. The summed E-state index contributed by atoms with van der Waals surface area (Å²) in [7, 11) is 4.74. The van der Waals surface area contributed by atoms with Gasteiger partial charge in [0.2, 0.25) is 5.75 Å². The van der Waals surface area contributed by atoms with Crippen molar-refractivity contribution in [2.75, 3.05) is 27.9 Å². The van der Waals surface area contributed by atoms with Gasteiger partial charge in [-0.2, -0.15) is 0 Å². The Bertz CT molecular complexity index is 680. The van der Waals surface area contributed by atoms with Gasteiger partial charge < -0.3 is 19.5 Å². The molecule has 1 N–H and O–H groups in total. The number of carbonyl (C=O) groups excluding carboxylic acids is 1. The molecule has 5 heteroatoms. The fraction of sp³-hybridized carbons (Fsp3) is 0.278. The molecular weight excluding hydrogens is 294 g/mol. The summed E-state index contributed by atoms with van der Waals surface area (Å²) in [5.41, 5.74) is 2.42. The second-order valence-corrected chi connectivity index (χ2v) is 4.82. The normalized spacial score (nSPS) is 10.1. The molecule has 0 radical (unpaired) electrons. The highest BCUT2D eigenvalue weighted by atomic mass is 16.5. The van der Waals surface area contributed by atoms with Crippen LogP contribution in [0, 0.1) is 0 Å². The van der Waals surface area contributed by atoms with Crippen LogP contribution in [-0.4, -0.2) is 33.8 Å². The van der Waals surface area contributed by atoms with Crippen LogP contribution in [0.15, 0.2) is 36.4 Å². The van der Waals surface area contributed by atoms with E-state index >= 15 is 0 Å². The van der Waals surface area contributed by atoms with E-state index in [2.05, 4.69) is 5.32 Å². The molecule has 2 aromatic carbocycles. The molecule has 122 valence electrons. The number of hydrogen-bond acceptors (Lipinski definition) is 4. The maximum atomic E-state index is 11.8. The Balaban J connectivity index is 2.44. The Hall–Kier alpha value is -2.69. The van der Waals surface area contributed by atoms with Gasteiger partial charge in [0.25, 0.3) is 5.91 Å². The topological polar surface area (TPSA) is 56.8 Å². The fourth-order valence-corrected chi connectivity index (χ4v) is 2.39. The van der Waals surface area contributed by atoms with E-state index in [-0.39, 0.29) is 5.91 Å². The summed E-state index contributed by atoms with van der Waals surface area (Å²) in [5, 5.41) is 2.78. The lowest BCUT2D eigenvalue weighted by atomic mass is 10.0. The van der Waals surface area contributed by atoms with E-state index in [1.54, 1.807) is 33.5 Å². The SMILES string of the molecule is CCNC(=O)c1ccc(-c2ccc(OC)c(OC)c2OC)cc1. The Labute approximate surface area is 136 Å². The molecule has 0 heterocycles. The molecular formula is C18H21NO4. The van der Waals surface area contributed by atoms with Crippen molar-refractivity contribution in [3.05, 3.63) is 42.0 Å². The summed E-state index contributed by atoms with van der Waals surface area (Å²) in [6.45, 7) is 2.49. The number of nitrogens with one attached hydrogen (secondary N) is 1. The van der Waals surface area contributed by atoms with Crippen LogP contribution in [0.25, 0.3) is 11.1 Å². The van der Waals surface area contributed by atoms with Crippen molar-refractivity contribution in [1.29, 1.82) is 0 Å². The molecule has 0 saturated carbocycles. The quantitative estimate of drug-likeness (QED) is 0.890. The molecule has 0 aliphatic carbocycles. The van der Waals surface area contributed by atoms with Gasteiger partial charge in [0.15, 0.2) is 11.5 Å². The van der Waals surface area contributed by atoms with Crippen molar-refractivity contribution in [2.24, 2.45) is 0 Å². The lowest BCUT2D eigenvalue weighted by Crippen LogP contribution is -2.22. The van der Waals surface area contributed by atoms with Crippen molar-refractivity contribution >= 4 is 5.91 Å². The highest BCUT2D eigenvalue weighted by Crippen LogP contribution is 2.44. The molecule has 0 aliphatic rings. The first-order valence-corrected chi connectivity index (χ1v) is 7.33. The Morgan fingerprint density at radius 1 is 0.913 bits per heavy atom. The van der Waals surface area contributed by atoms with Crippen LogP contribution in [0.1, 0.15) is 17.3 Å². The number of rotatable bonds is 6. The van der Waals surface area contributed by atoms with Gasteiger partial charge in [0.05, 0.1) is 21.3 Å². The van der Waals surface area contributed by atoms with Crippen molar-refractivity contribution in [1.82, 2.24) is 5.32 Å². The van der Waals surface area contributed by atoms with Gasteiger partial charge in [-0.25, -0.2) is 0 Å². The molecule has 0 bridgehead atoms. The zero-order chi connectivity index (χ0) is 16.8. The van der Waals surface area contributed by atoms with Crippen LogP contribution < -0.4 is 19.5 Å². The van der Waals surface area contributed by atoms with Crippen molar-refractivity contribution in [3.63, 3.8) is 0 Å². The average Bonchev–Trinajstić information content (AvgIpc) is 2.60. The van der Waals surface area contributed by atoms with Gasteiger partial charge in [0, 0.05) is 17.7 Å². The average molecular weight is 315 g/mol. The third-order valence-electron chi connectivity index (χ3n) is 3.50. The molecule has 23 heavy (non-hydrogen) atoms. The van der Waals surface area contributed by atoms with Crippen LogP contribution in [0.3, 0.4) is 0 Å². The fourth-order valence-electron chi connectivity index (χ4n) is 2.39. The maximum absolute atomic E-state index is 11.8. The molecule has 0 spiro atoms. The summed E-state index contributed by atoms with van der Waals surface area (Å²) in [6, 6.07) is 11.1. The second-order valence-electron chi connectivity index (χ2n) is 4.82. The molecule has 0 unspecified atom stereocenters. The molecule has 1 amide bonds. The number of methoxy groups -OCH3 is 3. The standard InChI is InChI=1S/C18H21NO4/c1-5-19-18(20)13-8-6-12(7-9-13)14-10-11-15(21-2)17(23-4)16(14)22-3/h6-11H,5H2,1-4H3,(H,19,20). The van der Waals surface area contributed by atoms with Crippen molar-refractivity contribution < 1.29 is 19.0 Å². The van der Waals surface area contributed by atoms with Gasteiger partial charge in [-0.05, 0) is 36.8 Å². The number of benzene rings is 2. The van der Waals surface area contributed by atoms with E-state index in [9.17, 15) is 4.79 Å². The molecule has 5 nitrogen and oxygen atoms in total. The van der Waals surface area contributed by atoms with Crippen LogP contribution in [-0.2, 0) is 0 Å². The Morgan fingerprint density at radius 3 is 2.09 bits per heavy atom. The molecule has 0 saturated heterocycles. The second kappa shape index (κ2) is 7.54. The molecule has 0 aliphatic heterocycles. The van der Waals surface area contributed by atoms with Crippen LogP contribution in [0.2, 0.25) is 0 Å². The number of amides is 1. The summed E-state index contributed by atoms with van der Waals surface area (Å²) in [5.74, 6) is 1.66. The number of ether oxygens (including phenoxy) is 3. The summed E-state index contributed by atoms with van der Waals surface area (Å²) >= 11 is 0. The molecule has 0 aromatic heterocycles. The van der Waals surface area contributed by atoms with Crippen LogP contribution in [0.4, 0.5) is 0 Å². The monoisotopic (exact) mass is 315 g/mol. The minimum Gasteiger partial charge on any atom is -0.493 e. The molecule has 2 aromatic rings. The van der Waals surface area contributed by atoms with E-state index in [0.717, 1.165) is 11.1 Å². The molecule has 0 fully saturated rings. The van der Waals surface area contributed by atoms with Gasteiger partial charge in [0.1, 0.15) is 0 Å². The number of carbonyl (C=O) groups is 1. The van der Waals surface area contributed by atoms with E-state index in [1.807, 2.05) is 31.2 Å². The minimum absolute atomic E-state index is 0.0849. The smallest absolute Gasteiger partial charge is 0.251 e. The summed E-state index contributed by atoms with van der Waals surface area (Å²) in [4.78, 5) is 11.8. The minimum atomic E-state index is -0.0849. The largest absolute Gasteiger partial charge is 0.493 e. The Kier molecular flexibility index (Phi) is 5.46. The van der Waals surface area contributed by atoms with Crippen molar-refractivity contribution in [2.45, 2.75) is 6.92 Å². The first-order valence-electron chi connectivity index (χ1n) is 7.33. The van der Waals surface area contributed by atoms with E-state index in [4.69, 9.17) is 14.2 Å². The third kappa shape index (κ3) is 3.39. The van der Waals surface area contributed by atoms with Crippen molar-refractivity contribution in [3.8, 4) is 28.4 Å². The number of hydrogen-bond donors (Lipinski definition) is 1. The van der Waals surface area contributed by atoms with E-state index in [1.165, 1.54) is 0 Å². The van der Waals surface area contributed by atoms with Gasteiger partial charge in [-0.3, -0.25) is 4.79 Å². The zero-order valence-electron chi connectivity index (χ0n) is 13.8. The van der Waals surface area contributed by atoms with Gasteiger partial charge in [-0.1, -0.05) is 12.1 Å². The first kappa shape index (κ1) is 16.7. The molecule has 0 atom stereocenters. The Morgan fingerprint density at radius 2 is 1.57 bits per heavy atom. The van der Waals surface area contributed by atoms with E-state index in [0.29, 0.717) is 29.4 Å². The van der Waals surface area contributed by atoms with Gasteiger partial charge in [-0.15, -0.1) is 0 Å². The highest BCUT2D eigenvalue weighted by Gasteiger charge is 2.17. The zero-order valence-corrected chi connectivity index (χ0v) is 13.8. The summed E-state index contributed by atoms with van der Waals surface area (Å²) < 4.78 is 16.2. The molecule has 2 rings (SSSR count). The highest BCUT2D eigenvalue weighted by molar-refractivity contribution is 5.94. The lowest BCUT2D eigenvalue weighted by Gasteiger charge is -2.16. The predicted molar refractivity (Wildman–Crippen MR) is 89.5 cm³/mol. The lowest BCUT2D eigenvalue weighted by molar-refractivity contribution is 0.0956. The van der Waals surface area contributed by atoms with Gasteiger partial charge >= 0.3 is 0 Å². The third-order valence-corrected chi connectivity index (χ3v) is 3.50. The first-order chi connectivity index (χ1) is 11.2. The van der Waals surface area contributed by atoms with Crippen LogP contribution >= 0.6 is 0 Å². The van der Waals surface area contributed by atoms with E-state index < -0.39 is 0 Å². The summed E-state index contributed by atoms with van der Waals surface area (Å²) in [6.07, 6.45) is 0. The maximum Gasteiger partial charge on any atom is 0.251 e.